The Balaban J connectivity index is 1.65. The number of benzene rings is 4. The van der Waals surface area contributed by atoms with Crippen LogP contribution >= 0.6 is 0 Å². The van der Waals surface area contributed by atoms with Crippen LogP contribution in [0, 0.1) is 0 Å². The molecule has 0 aliphatic rings. The first kappa shape index (κ1) is 21.7. The van der Waals surface area contributed by atoms with E-state index in [0.29, 0.717) is 23.2 Å². The smallest absolute Gasteiger partial charge is 0.249 e. The van der Waals surface area contributed by atoms with Crippen molar-refractivity contribution in [3.63, 3.8) is 0 Å². The third-order valence-corrected chi connectivity index (χ3v) is 6.33. The van der Waals surface area contributed by atoms with Crippen molar-refractivity contribution in [3.8, 4) is 0 Å². The van der Waals surface area contributed by atoms with Gasteiger partial charge in [-0.25, -0.2) is 0 Å². The average Bonchev–Trinajstić information content (AvgIpc) is 3.17. The summed E-state index contributed by atoms with van der Waals surface area (Å²) in [5, 5.41) is 1.89. The summed E-state index contributed by atoms with van der Waals surface area (Å²) in [5.74, 6) is -0.427. The van der Waals surface area contributed by atoms with Crippen LogP contribution in [-0.4, -0.2) is 16.3 Å². The molecule has 0 fully saturated rings. The number of aryl methyl sites for hydroxylation is 1. The van der Waals surface area contributed by atoms with Crippen LogP contribution in [0.5, 0.6) is 0 Å². The lowest BCUT2D eigenvalue weighted by molar-refractivity contribution is 0.1000. The van der Waals surface area contributed by atoms with Gasteiger partial charge in [-0.2, -0.15) is 0 Å². The summed E-state index contributed by atoms with van der Waals surface area (Å²) in [6.45, 7) is 2.74. The molecule has 0 saturated heterocycles. The van der Waals surface area contributed by atoms with Crippen LogP contribution in [0.2, 0.25) is 0 Å². The number of hydrogen-bond donors (Lipinski definition) is 1. The average molecular weight is 447 g/mol. The molecule has 168 valence electrons. The number of carbonyl (C=O) groups excluding carboxylic acids is 2. The molecule has 0 unspecified atom stereocenters. The highest BCUT2D eigenvalue weighted by atomic mass is 16.1. The van der Waals surface area contributed by atoms with Crippen molar-refractivity contribution < 1.29 is 9.59 Å². The zero-order valence-electron chi connectivity index (χ0n) is 19.1. The minimum absolute atomic E-state index is 0.00548. The molecule has 1 amide bonds. The van der Waals surface area contributed by atoms with Crippen LogP contribution < -0.4 is 5.73 Å². The Morgan fingerprint density at radius 1 is 0.765 bits per heavy atom. The molecule has 4 nitrogen and oxygen atoms in total. The minimum Gasteiger partial charge on any atom is -0.366 e. The molecular weight excluding hydrogens is 420 g/mol. The van der Waals surface area contributed by atoms with Crippen molar-refractivity contribution >= 4 is 33.5 Å². The Morgan fingerprint density at radius 3 is 2.29 bits per heavy atom. The number of fused-ring (bicyclic) bond motifs is 3. The molecule has 34 heavy (non-hydrogen) atoms. The van der Waals surface area contributed by atoms with E-state index in [1.54, 1.807) is 6.07 Å². The Kier molecular flexibility index (Phi) is 5.72. The molecule has 5 aromatic rings. The summed E-state index contributed by atoms with van der Waals surface area (Å²) < 4.78 is 2.22. The number of primary amides is 1. The second-order valence-corrected chi connectivity index (χ2v) is 8.65. The number of nitrogens with zero attached hydrogens (tertiary/aromatic N) is 1. The van der Waals surface area contributed by atoms with Gasteiger partial charge in [-0.05, 0) is 41.8 Å². The van der Waals surface area contributed by atoms with Gasteiger partial charge in [0.05, 0.1) is 5.52 Å². The second-order valence-electron chi connectivity index (χ2n) is 8.65. The molecule has 0 bridgehead atoms. The van der Waals surface area contributed by atoms with Crippen molar-refractivity contribution in [3.05, 3.63) is 119 Å². The minimum atomic E-state index is -0.433. The van der Waals surface area contributed by atoms with E-state index in [4.69, 9.17) is 5.73 Å². The zero-order chi connectivity index (χ0) is 23.7. The Morgan fingerprint density at radius 2 is 1.53 bits per heavy atom. The summed E-state index contributed by atoms with van der Waals surface area (Å²) in [7, 11) is 0. The van der Waals surface area contributed by atoms with Gasteiger partial charge in [-0.1, -0.05) is 80.1 Å². The number of carbonyl (C=O) groups is 2. The number of hydrogen-bond acceptors (Lipinski definition) is 2. The molecule has 0 radical (unpaired) electrons. The third kappa shape index (κ3) is 3.88. The Labute approximate surface area is 198 Å². The normalized spacial score (nSPS) is 11.2. The van der Waals surface area contributed by atoms with E-state index in [9.17, 15) is 9.59 Å². The molecule has 1 aromatic heterocycles. The SMILES string of the molecule is CCCc1ccc2c3c(C(N)=O)cccc3n(Cc3cccc(C(=O)c4ccccc4)c3)c2c1. The lowest BCUT2D eigenvalue weighted by atomic mass is 10.0. The molecule has 5 rings (SSSR count). The number of nitrogens with two attached hydrogens (primary N) is 1. The second kappa shape index (κ2) is 8.99. The van der Waals surface area contributed by atoms with Crippen molar-refractivity contribution in [1.82, 2.24) is 4.57 Å². The molecule has 0 saturated carbocycles. The van der Waals surface area contributed by atoms with Gasteiger partial charge in [0.25, 0.3) is 0 Å². The van der Waals surface area contributed by atoms with Gasteiger partial charge in [0, 0.05) is 39.5 Å². The number of rotatable bonds is 7. The van der Waals surface area contributed by atoms with E-state index in [2.05, 4.69) is 29.7 Å². The van der Waals surface area contributed by atoms with Gasteiger partial charge in [0.2, 0.25) is 5.91 Å². The van der Waals surface area contributed by atoms with Gasteiger partial charge in [-0.3, -0.25) is 9.59 Å². The van der Waals surface area contributed by atoms with Crippen molar-refractivity contribution in [2.75, 3.05) is 0 Å². The maximum atomic E-state index is 13.0. The molecule has 1 heterocycles. The molecule has 4 aromatic carbocycles. The largest absolute Gasteiger partial charge is 0.366 e. The quantitative estimate of drug-likeness (QED) is 0.306. The standard InChI is InChI=1S/C30H26N2O2/c1-2-8-20-15-16-24-27(18-20)32(26-14-7-13-25(28(24)26)30(31)34)19-21-9-6-12-23(17-21)29(33)22-10-4-3-5-11-22/h3-7,9-18H,2,8,19H2,1H3,(H2,31,34). The van der Waals surface area contributed by atoms with Gasteiger partial charge in [0.1, 0.15) is 0 Å². The monoisotopic (exact) mass is 446 g/mol. The lowest BCUT2D eigenvalue weighted by Crippen LogP contribution is -2.11. The molecule has 4 heteroatoms. The lowest BCUT2D eigenvalue weighted by Gasteiger charge is -2.10. The topological polar surface area (TPSA) is 65.1 Å². The van der Waals surface area contributed by atoms with E-state index in [-0.39, 0.29) is 5.78 Å². The molecule has 0 aliphatic carbocycles. The van der Waals surface area contributed by atoms with Crippen LogP contribution in [0.4, 0.5) is 0 Å². The van der Waals surface area contributed by atoms with Crippen molar-refractivity contribution in [2.45, 2.75) is 26.3 Å². The molecule has 0 aliphatic heterocycles. The first-order valence-electron chi connectivity index (χ1n) is 11.6. The first-order valence-corrected chi connectivity index (χ1v) is 11.6. The van der Waals surface area contributed by atoms with E-state index in [1.165, 1.54) is 5.56 Å². The Bertz CT molecular complexity index is 1530. The zero-order valence-corrected chi connectivity index (χ0v) is 19.1. The van der Waals surface area contributed by atoms with Crippen LogP contribution in [0.3, 0.4) is 0 Å². The maximum absolute atomic E-state index is 13.0. The molecule has 2 N–H and O–H groups in total. The van der Waals surface area contributed by atoms with Crippen LogP contribution in [0.15, 0.2) is 91.0 Å². The van der Waals surface area contributed by atoms with E-state index >= 15 is 0 Å². The fourth-order valence-electron chi connectivity index (χ4n) is 4.76. The van der Waals surface area contributed by atoms with Gasteiger partial charge in [-0.15, -0.1) is 0 Å². The molecule has 0 spiro atoms. The van der Waals surface area contributed by atoms with Crippen molar-refractivity contribution in [2.24, 2.45) is 5.73 Å². The number of amides is 1. The fraction of sp³-hybridized carbons (Fsp3) is 0.133. The van der Waals surface area contributed by atoms with E-state index < -0.39 is 5.91 Å². The summed E-state index contributed by atoms with van der Waals surface area (Å²) in [4.78, 5) is 25.2. The molecular formula is C30H26N2O2. The van der Waals surface area contributed by atoms with Gasteiger partial charge in [0.15, 0.2) is 5.78 Å². The van der Waals surface area contributed by atoms with E-state index in [0.717, 1.165) is 40.2 Å². The highest BCUT2D eigenvalue weighted by Gasteiger charge is 2.17. The van der Waals surface area contributed by atoms with E-state index in [1.807, 2.05) is 66.7 Å². The van der Waals surface area contributed by atoms with Gasteiger partial charge < -0.3 is 10.3 Å². The fourth-order valence-corrected chi connectivity index (χ4v) is 4.76. The number of ketones is 1. The summed E-state index contributed by atoms with van der Waals surface area (Å²) in [6, 6.07) is 29.2. The van der Waals surface area contributed by atoms with Crippen molar-refractivity contribution in [1.29, 1.82) is 0 Å². The summed E-state index contributed by atoms with van der Waals surface area (Å²) >= 11 is 0. The number of aromatic nitrogens is 1. The van der Waals surface area contributed by atoms with Crippen LogP contribution in [0.25, 0.3) is 21.8 Å². The Hall–Kier alpha value is -4.18. The first-order chi connectivity index (χ1) is 16.6. The summed E-state index contributed by atoms with van der Waals surface area (Å²) in [6.07, 6.45) is 2.04. The van der Waals surface area contributed by atoms with Crippen LogP contribution in [-0.2, 0) is 13.0 Å². The van der Waals surface area contributed by atoms with Gasteiger partial charge >= 0.3 is 0 Å². The predicted octanol–water partition coefficient (Wildman–Crippen LogP) is 6.13. The highest BCUT2D eigenvalue weighted by molar-refractivity contribution is 6.18. The predicted molar refractivity (Wildman–Crippen MR) is 137 cm³/mol. The summed E-state index contributed by atoms with van der Waals surface area (Å²) in [5.41, 5.74) is 11.9. The highest BCUT2D eigenvalue weighted by Crippen LogP contribution is 2.33. The third-order valence-electron chi connectivity index (χ3n) is 6.33. The molecule has 0 atom stereocenters. The van der Waals surface area contributed by atoms with Crippen LogP contribution in [0.1, 0.15) is 50.8 Å². The maximum Gasteiger partial charge on any atom is 0.249 e.